The number of nitrogens with zero attached hydrogens (tertiary/aromatic N) is 4. The van der Waals surface area contributed by atoms with Crippen LogP contribution in [0, 0.1) is 6.92 Å². The Morgan fingerprint density at radius 2 is 2.13 bits per heavy atom. The largest absolute Gasteiger partial charge is 0.496 e. The van der Waals surface area contributed by atoms with Crippen LogP contribution in [0.5, 0.6) is 5.75 Å². The average Bonchev–Trinajstić information content (AvgIpc) is 3.26. The topological polar surface area (TPSA) is 108 Å². The number of benzene rings is 1. The van der Waals surface area contributed by atoms with Crippen molar-refractivity contribution >= 4 is 28.6 Å². The minimum Gasteiger partial charge on any atom is -0.496 e. The zero-order chi connectivity index (χ0) is 21.8. The van der Waals surface area contributed by atoms with E-state index in [1.807, 2.05) is 13.0 Å². The molecule has 1 saturated heterocycles. The summed E-state index contributed by atoms with van der Waals surface area (Å²) in [5.41, 5.74) is 3.89. The van der Waals surface area contributed by atoms with Gasteiger partial charge < -0.3 is 24.9 Å². The fourth-order valence-corrected chi connectivity index (χ4v) is 4.19. The van der Waals surface area contributed by atoms with Gasteiger partial charge in [0.25, 0.3) is 0 Å². The lowest BCUT2D eigenvalue weighted by atomic mass is 9.96. The second-order valence-electron chi connectivity index (χ2n) is 7.52. The maximum absolute atomic E-state index is 11.0. The van der Waals surface area contributed by atoms with Crippen molar-refractivity contribution in [3.8, 4) is 5.75 Å². The van der Waals surface area contributed by atoms with E-state index in [-0.39, 0.29) is 0 Å². The van der Waals surface area contributed by atoms with Gasteiger partial charge in [0, 0.05) is 36.8 Å². The molecule has 1 atom stereocenters. The van der Waals surface area contributed by atoms with Gasteiger partial charge in [0.05, 0.1) is 32.8 Å². The van der Waals surface area contributed by atoms with E-state index in [0.717, 1.165) is 35.3 Å². The summed E-state index contributed by atoms with van der Waals surface area (Å²) in [6.45, 7) is 6.00. The normalized spacial score (nSPS) is 15.9. The molecule has 0 aliphatic carbocycles. The van der Waals surface area contributed by atoms with Crippen molar-refractivity contribution < 1.29 is 14.6 Å². The number of ether oxygens (including phenoxy) is 2. The fraction of sp³-hybridized carbons (Fsp3) is 0.476. The van der Waals surface area contributed by atoms with Gasteiger partial charge in [0.2, 0.25) is 0 Å². The number of rotatable bonds is 8. The second-order valence-corrected chi connectivity index (χ2v) is 7.93. The molecule has 10 heteroatoms. The molecule has 0 bridgehead atoms. The second kappa shape index (κ2) is 9.78. The van der Waals surface area contributed by atoms with Gasteiger partial charge in [-0.1, -0.05) is 11.6 Å². The number of fused-ring (bicyclic) bond motifs is 1. The third-order valence-corrected chi connectivity index (χ3v) is 5.97. The lowest BCUT2D eigenvalue weighted by Crippen LogP contribution is -2.39. The van der Waals surface area contributed by atoms with Gasteiger partial charge in [-0.05, 0) is 30.5 Å². The van der Waals surface area contributed by atoms with Crippen LogP contribution in [-0.4, -0.2) is 76.4 Å². The molecule has 1 aliphatic rings. The van der Waals surface area contributed by atoms with Crippen molar-refractivity contribution in [2.45, 2.75) is 19.4 Å². The minimum absolute atomic E-state index is 0.511. The van der Waals surface area contributed by atoms with E-state index < -0.39 is 6.10 Å². The molecule has 0 saturated carbocycles. The predicted molar refractivity (Wildman–Crippen MR) is 119 cm³/mol. The molecule has 0 radical (unpaired) electrons. The number of H-pyrrole nitrogens is 1. The molecule has 3 N–H and O–H groups in total. The van der Waals surface area contributed by atoms with Crippen LogP contribution in [0.2, 0.25) is 5.02 Å². The molecule has 1 fully saturated rings. The van der Waals surface area contributed by atoms with Gasteiger partial charge in [-0.25, -0.2) is 15.0 Å². The van der Waals surface area contributed by atoms with E-state index in [0.29, 0.717) is 55.0 Å². The number of anilines is 1. The molecular formula is C21H27ClN6O3. The van der Waals surface area contributed by atoms with Crippen LogP contribution in [0.3, 0.4) is 0 Å². The van der Waals surface area contributed by atoms with E-state index in [4.69, 9.17) is 21.1 Å². The predicted octanol–water partition coefficient (Wildman–Crippen LogP) is 2.34. The van der Waals surface area contributed by atoms with E-state index in [2.05, 4.69) is 30.2 Å². The SMILES string of the molecule is COc1c(CCNc2ncnc3nc[nH]c23)cc(Cl)c(C)c1C(O)CN1CCOCC1. The number of imidazole rings is 1. The molecule has 9 nitrogen and oxygen atoms in total. The average molecular weight is 447 g/mol. The third-order valence-electron chi connectivity index (χ3n) is 5.58. The minimum atomic E-state index is -0.704. The van der Waals surface area contributed by atoms with Crippen LogP contribution in [0.1, 0.15) is 22.8 Å². The first-order chi connectivity index (χ1) is 15.1. The van der Waals surface area contributed by atoms with Gasteiger partial charge in [-0.15, -0.1) is 0 Å². The standard InChI is InChI=1S/C21H27ClN6O3/c1-13-15(22)9-14(3-4-23-20-18-21(25-11-24-18)27-12-26-20)19(30-2)17(13)16(29)10-28-5-7-31-8-6-28/h9,11-12,16,29H,3-8,10H2,1-2H3,(H2,23,24,25,26,27). The number of hydrogen-bond acceptors (Lipinski definition) is 8. The number of aliphatic hydroxyl groups excluding tert-OH is 1. The summed E-state index contributed by atoms with van der Waals surface area (Å²) in [6, 6.07) is 1.91. The van der Waals surface area contributed by atoms with Crippen molar-refractivity contribution in [1.29, 1.82) is 0 Å². The van der Waals surface area contributed by atoms with Gasteiger partial charge in [0.15, 0.2) is 11.5 Å². The molecule has 4 rings (SSSR count). The smallest absolute Gasteiger partial charge is 0.182 e. The van der Waals surface area contributed by atoms with Crippen molar-refractivity contribution in [2.75, 3.05) is 51.8 Å². The molecule has 3 aromatic rings. The Morgan fingerprint density at radius 1 is 1.32 bits per heavy atom. The number of hydrogen-bond donors (Lipinski definition) is 3. The van der Waals surface area contributed by atoms with Crippen LogP contribution < -0.4 is 10.1 Å². The van der Waals surface area contributed by atoms with Gasteiger partial charge >= 0.3 is 0 Å². The lowest BCUT2D eigenvalue weighted by Gasteiger charge is -2.30. The number of methoxy groups -OCH3 is 1. The van der Waals surface area contributed by atoms with Gasteiger partial charge in [0.1, 0.15) is 17.6 Å². The number of aromatic amines is 1. The van der Waals surface area contributed by atoms with E-state index in [1.165, 1.54) is 6.33 Å². The molecule has 1 unspecified atom stereocenters. The highest BCUT2D eigenvalue weighted by Crippen LogP contribution is 2.37. The molecule has 3 heterocycles. The molecule has 0 spiro atoms. The number of β-amino-alcohol motifs (C(OH)–C–C–N with tert-alkyl or cyclic N) is 1. The summed E-state index contributed by atoms with van der Waals surface area (Å²) in [5.74, 6) is 1.37. The molecule has 1 aromatic carbocycles. The van der Waals surface area contributed by atoms with Crippen LogP contribution in [0.25, 0.3) is 11.2 Å². The zero-order valence-corrected chi connectivity index (χ0v) is 18.4. The number of nitrogens with one attached hydrogen (secondary N) is 2. The molecule has 2 aromatic heterocycles. The van der Waals surface area contributed by atoms with Crippen molar-refractivity contribution in [1.82, 2.24) is 24.8 Å². The van der Waals surface area contributed by atoms with E-state index in [9.17, 15) is 5.11 Å². The lowest BCUT2D eigenvalue weighted by molar-refractivity contribution is 0.0138. The number of morpholine rings is 1. The molecular weight excluding hydrogens is 420 g/mol. The van der Waals surface area contributed by atoms with Crippen molar-refractivity contribution in [3.63, 3.8) is 0 Å². The summed E-state index contributed by atoms with van der Waals surface area (Å²) < 4.78 is 11.2. The highest BCUT2D eigenvalue weighted by atomic mass is 35.5. The molecule has 31 heavy (non-hydrogen) atoms. The Morgan fingerprint density at radius 3 is 2.90 bits per heavy atom. The fourth-order valence-electron chi connectivity index (χ4n) is 3.96. The summed E-state index contributed by atoms with van der Waals surface area (Å²) in [4.78, 5) is 17.8. The Hall–Kier alpha value is -2.46. The summed E-state index contributed by atoms with van der Waals surface area (Å²) in [5, 5.41) is 15.0. The Labute approximate surface area is 185 Å². The van der Waals surface area contributed by atoms with E-state index >= 15 is 0 Å². The maximum Gasteiger partial charge on any atom is 0.182 e. The van der Waals surface area contributed by atoms with Crippen molar-refractivity contribution in [2.24, 2.45) is 0 Å². The van der Waals surface area contributed by atoms with Gasteiger partial charge in [-0.2, -0.15) is 0 Å². The van der Waals surface area contributed by atoms with Gasteiger partial charge in [-0.3, -0.25) is 4.90 Å². The summed E-state index contributed by atoms with van der Waals surface area (Å²) >= 11 is 6.54. The quantitative estimate of drug-likeness (QED) is 0.484. The number of aromatic nitrogens is 4. The van der Waals surface area contributed by atoms with Crippen LogP contribution in [0.15, 0.2) is 18.7 Å². The Kier molecular flexibility index (Phi) is 6.86. The highest BCUT2D eigenvalue weighted by molar-refractivity contribution is 6.31. The molecule has 166 valence electrons. The van der Waals surface area contributed by atoms with E-state index in [1.54, 1.807) is 13.4 Å². The van der Waals surface area contributed by atoms with Crippen LogP contribution in [0.4, 0.5) is 5.82 Å². The van der Waals surface area contributed by atoms with Crippen LogP contribution in [-0.2, 0) is 11.2 Å². The first kappa shape index (κ1) is 21.8. The third kappa shape index (κ3) is 4.74. The van der Waals surface area contributed by atoms with Crippen LogP contribution >= 0.6 is 11.6 Å². The summed E-state index contributed by atoms with van der Waals surface area (Å²) in [6.07, 6.45) is 3.01. The number of halogens is 1. The molecule has 1 aliphatic heterocycles. The Balaban J connectivity index is 1.52. The zero-order valence-electron chi connectivity index (χ0n) is 17.7. The Bertz CT molecular complexity index is 1040. The first-order valence-corrected chi connectivity index (χ1v) is 10.7. The molecule has 0 amide bonds. The summed E-state index contributed by atoms with van der Waals surface area (Å²) in [7, 11) is 1.63. The highest BCUT2D eigenvalue weighted by Gasteiger charge is 2.24. The maximum atomic E-state index is 11.0. The first-order valence-electron chi connectivity index (χ1n) is 10.3. The monoisotopic (exact) mass is 446 g/mol. The van der Waals surface area contributed by atoms with Crippen molar-refractivity contribution in [3.05, 3.63) is 40.4 Å². The number of aliphatic hydroxyl groups is 1.